The Morgan fingerprint density at radius 2 is 1.04 bits per heavy atom. The number of pyridine rings is 2. The van der Waals surface area contributed by atoms with Gasteiger partial charge in [-0.2, -0.15) is 0 Å². The van der Waals surface area contributed by atoms with Crippen LogP contribution in [0, 0.1) is 0 Å². The molecular formula is C22H14N3OP. The molecule has 0 atom stereocenters. The summed E-state index contributed by atoms with van der Waals surface area (Å²) in [7, 11) is -3.15. The van der Waals surface area contributed by atoms with Gasteiger partial charge in [0.1, 0.15) is 11.6 Å². The van der Waals surface area contributed by atoms with Gasteiger partial charge in [0.25, 0.3) is 0 Å². The molecule has 4 aromatic rings. The molecule has 0 fully saturated rings. The van der Waals surface area contributed by atoms with Crippen LogP contribution in [0.1, 0.15) is 0 Å². The van der Waals surface area contributed by atoms with Crippen LogP contribution in [0.15, 0.2) is 85.2 Å². The van der Waals surface area contributed by atoms with E-state index in [2.05, 4.69) is 9.97 Å². The minimum Gasteiger partial charge on any atom is -0.289 e. The van der Waals surface area contributed by atoms with Gasteiger partial charge < -0.3 is 0 Å². The molecule has 6 rings (SSSR count). The molecule has 2 aliphatic rings. The van der Waals surface area contributed by atoms with Crippen LogP contribution in [0.5, 0.6) is 0 Å². The molecule has 2 aliphatic heterocycles. The Kier molecular flexibility index (Phi) is 2.84. The first-order valence-electron chi connectivity index (χ1n) is 8.81. The quantitative estimate of drug-likeness (QED) is 0.429. The zero-order chi connectivity index (χ0) is 18.0. The van der Waals surface area contributed by atoms with Crippen molar-refractivity contribution in [1.29, 1.82) is 0 Å². The zero-order valence-corrected chi connectivity index (χ0v) is 15.2. The van der Waals surface area contributed by atoms with Crippen molar-refractivity contribution in [2.45, 2.75) is 0 Å². The third-order valence-corrected chi connectivity index (χ3v) is 8.33. The molecule has 4 heterocycles. The van der Waals surface area contributed by atoms with Crippen molar-refractivity contribution >= 4 is 29.5 Å². The average Bonchev–Trinajstić information content (AvgIpc) is 2.74. The molecule has 0 saturated carbocycles. The normalized spacial score (nSPS) is 15.0. The Balaban J connectivity index is 1.84. The van der Waals surface area contributed by atoms with Crippen molar-refractivity contribution in [1.82, 2.24) is 9.97 Å². The van der Waals surface area contributed by atoms with Gasteiger partial charge >= 0.3 is 0 Å². The maximum atomic E-state index is 14.8. The lowest BCUT2D eigenvalue weighted by Crippen LogP contribution is -2.38. The standard InChI is InChI=1S/C22H14N3OP/c26-27-19-11-3-1-7-15(19)17-9-5-13-23-21(17)25(27)22-18(10-6-14-24-22)16-8-2-4-12-20(16)27/h1-14H. The molecule has 0 bridgehead atoms. The minimum absolute atomic E-state index is 0.703. The molecule has 0 N–H and O–H groups in total. The molecule has 0 radical (unpaired) electrons. The van der Waals surface area contributed by atoms with Crippen LogP contribution in [0.4, 0.5) is 11.6 Å². The van der Waals surface area contributed by atoms with Crippen LogP contribution in [-0.2, 0) is 4.57 Å². The molecule has 4 nitrogen and oxygen atoms in total. The van der Waals surface area contributed by atoms with Crippen LogP contribution in [0.3, 0.4) is 0 Å². The van der Waals surface area contributed by atoms with Gasteiger partial charge in [0.15, 0.2) is 0 Å². The van der Waals surface area contributed by atoms with Crippen LogP contribution >= 0.6 is 7.29 Å². The number of rotatable bonds is 0. The van der Waals surface area contributed by atoms with Gasteiger partial charge in [0.2, 0.25) is 7.29 Å². The van der Waals surface area contributed by atoms with E-state index in [1.165, 1.54) is 0 Å². The van der Waals surface area contributed by atoms with Gasteiger partial charge in [-0.1, -0.05) is 36.4 Å². The van der Waals surface area contributed by atoms with Crippen molar-refractivity contribution in [3.8, 4) is 22.3 Å². The second kappa shape index (κ2) is 5.15. The first kappa shape index (κ1) is 14.9. The third-order valence-electron chi connectivity index (χ3n) is 5.30. The van der Waals surface area contributed by atoms with Gasteiger partial charge in [0.05, 0.1) is 0 Å². The topological polar surface area (TPSA) is 46.1 Å². The van der Waals surface area contributed by atoms with Gasteiger partial charge in [-0.3, -0.25) is 9.24 Å². The SMILES string of the molecule is O=P12c3ccccc3-c3cccnc3N1c1ncccc1-c1ccccc12. The predicted molar refractivity (Wildman–Crippen MR) is 108 cm³/mol. The smallest absolute Gasteiger partial charge is 0.237 e. The maximum Gasteiger partial charge on any atom is 0.237 e. The molecule has 27 heavy (non-hydrogen) atoms. The number of nitrogens with zero attached hydrogens (tertiary/aromatic N) is 3. The number of anilines is 2. The van der Waals surface area contributed by atoms with E-state index < -0.39 is 7.29 Å². The van der Waals surface area contributed by atoms with E-state index in [1.54, 1.807) is 12.4 Å². The summed E-state index contributed by atoms with van der Waals surface area (Å²) in [6, 6.07) is 23.8. The van der Waals surface area contributed by atoms with E-state index in [9.17, 15) is 4.57 Å². The fourth-order valence-electron chi connectivity index (χ4n) is 4.20. The molecule has 0 spiro atoms. The second-order valence-corrected chi connectivity index (χ2v) is 9.19. The lowest BCUT2D eigenvalue weighted by Gasteiger charge is -2.42. The fourth-order valence-corrected chi connectivity index (χ4v) is 7.36. The van der Waals surface area contributed by atoms with Gasteiger partial charge in [-0.05, 0) is 47.5 Å². The van der Waals surface area contributed by atoms with E-state index in [0.29, 0.717) is 11.6 Å². The highest BCUT2D eigenvalue weighted by Crippen LogP contribution is 2.64. The first-order chi connectivity index (χ1) is 13.3. The predicted octanol–water partition coefficient (Wildman–Crippen LogP) is 4.50. The number of benzene rings is 2. The molecule has 0 unspecified atom stereocenters. The van der Waals surface area contributed by atoms with Crippen molar-refractivity contribution in [2.75, 3.05) is 4.67 Å². The van der Waals surface area contributed by atoms with Crippen molar-refractivity contribution < 1.29 is 4.57 Å². The lowest BCUT2D eigenvalue weighted by atomic mass is 10.0. The summed E-state index contributed by atoms with van der Waals surface area (Å²) in [5, 5.41) is 1.68. The largest absolute Gasteiger partial charge is 0.289 e. The van der Waals surface area contributed by atoms with Gasteiger partial charge in [0, 0.05) is 34.1 Å². The summed E-state index contributed by atoms with van der Waals surface area (Å²) >= 11 is 0. The highest BCUT2D eigenvalue weighted by Gasteiger charge is 2.48. The molecule has 128 valence electrons. The second-order valence-electron chi connectivity index (χ2n) is 6.67. The van der Waals surface area contributed by atoms with Crippen LogP contribution in [-0.4, -0.2) is 9.97 Å². The van der Waals surface area contributed by atoms with E-state index in [1.807, 2.05) is 77.5 Å². The average molecular weight is 367 g/mol. The monoisotopic (exact) mass is 367 g/mol. The molecule has 0 amide bonds. The van der Waals surface area contributed by atoms with E-state index in [-0.39, 0.29) is 0 Å². The highest BCUT2D eigenvalue weighted by atomic mass is 31.2. The summed E-state index contributed by atoms with van der Waals surface area (Å²) in [4.78, 5) is 9.27. The molecule has 2 aromatic heterocycles. The number of hydrogen-bond acceptors (Lipinski definition) is 3. The highest BCUT2D eigenvalue weighted by molar-refractivity contribution is 7.81. The van der Waals surface area contributed by atoms with Crippen LogP contribution in [0.2, 0.25) is 0 Å². The Bertz CT molecular complexity index is 1190. The number of fused-ring (bicyclic) bond motifs is 11. The van der Waals surface area contributed by atoms with Gasteiger partial charge in [-0.25, -0.2) is 9.97 Å². The Labute approximate surface area is 156 Å². The molecule has 0 aliphatic carbocycles. The molecule has 5 heteroatoms. The number of aromatic nitrogens is 2. The molecule has 2 aromatic carbocycles. The van der Waals surface area contributed by atoms with Crippen molar-refractivity contribution in [3.63, 3.8) is 0 Å². The van der Waals surface area contributed by atoms with E-state index >= 15 is 0 Å². The summed E-state index contributed by atoms with van der Waals surface area (Å²) in [5.74, 6) is 1.41. The molecule has 0 saturated heterocycles. The summed E-state index contributed by atoms with van der Waals surface area (Å²) in [6.45, 7) is 0. The lowest BCUT2D eigenvalue weighted by molar-refractivity contribution is 0.586. The summed E-state index contributed by atoms with van der Waals surface area (Å²) in [6.07, 6.45) is 3.50. The third kappa shape index (κ3) is 1.76. The zero-order valence-electron chi connectivity index (χ0n) is 14.3. The molecular weight excluding hydrogens is 353 g/mol. The van der Waals surface area contributed by atoms with Gasteiger partial charge in [-0.15, -0.1) is 0 Å². The first-order valence-corrected chi connectivity index (χ1v) is 10.5. The summed E-state index contributed by atoms with van der Waals surface area (Å²) in [5.41, 5.74) is 3.93. The van der Waals surface area contributed by atoms with E-state index in [4.69, 9.17) is 0 Å². The Hall–Kier alpha value is -3.23. The number of hydrogen-bond donors (Lipinski definition) is 0. The van der Waals surface area contributed by atoms with Crippen LogP contribution < -0.4 is 15.3 Å². The minimum atomic E-state index is -3.15. The van der Waals surface area contributed by atoms with Crippen molar-refractivity contribution in [3.05, 3.63) is 85.2 Å². The van der Waals surface area contributed by atoms with E-state index in [0.717, 1.165) is 32.9 Å². The van der Waals surface area contributed by atoms with Crippen LogP contribution in [0.25, 0.3) is 22.3 Å². The fraction of sp³-hybridized carbons (Fsp3) is 0. The summed E-state index contributed by atoms with van der Waals surface area (Å²) < 4.78 is 16.7. The Morgan fingerprint density at radius 3 is 1.56 bits per heavy atom. The maximum absolute atomic E-state index is 14.8. The van der Waals surface area contributed by atoms with Crippen molar-refractivity contribution in [2.24, 2.45) is 0 Å². The Morgan fingerprint density at radius 1 is 0.593 bits per heavy atom.